The quantitative estimate of drug-likeness (QED) is 0.868. The van der Waals surface area contributed by atoms with Crippen LogP contribution >= 0.6 is 10.7 Å². The SMILES string of the molecule is CCc1cc(S(=O)(=O)Cl)cc(C)c1NC(=O)C(C)(C)C. The maximum Gasteiger partial charge on any atom is 0.261 e. The summed E-state index contributed by atoms with van der Waals surface area (Å²) in [5.41, 5.74) is 1.58. The zero-order chi connectivity index (χ0) is 15.7. The Labute approximate surface area is 124 Å². The first-order valence-electron chi connectivity index (χ1n) is 6.36. The summed E-state index contributed by atoms with van der Waals surface area (Å²) in [5.74, 6) is -0.114. The number of anilines is 1. The summed E-state index contributed by atoms with van der Waals surface area (Å²) < 4.78 is 22.8. The molecule has 1 aromatic rings. The second-order valence-electron chi connectivity index (χ2n) is 5.77. The van der Waals surface area contributed by atoms with E-state index in [4.69, 9.17) is 10.7 Å². The fraction of sp³-hybridized carbons (Fsp3) is 0.500. The van der Waals surface area contributed by atoms with Gasteiger partial charge in [-0.3, -0.25) is 4.79 Å². The normalized spacial score (nSPS) is 12.3. The van der Waals surface area contributed by atoms with Crippen molar-refractivity contribution in [3.05, 3.63) is 23.3 Å². The minimum atomic E-state index is -3.77. The summed E-state index contributed by atoms with van der Waals surface area (Å²) in [6, 6.07) is 2.98. The number of hydrogen-bond donors (Lipinski definition) is 1. The molecule has 0 saturated carbocycles. The Morgan fingerprint density at radius 2 is 1.85 bits per heavy atom. The highest BCUT2D eigenvalue weighted by molar-refractivity contribution is 8.13. The van der Waals surface area contributed by atoms with Gasteiger partial charge in [0, 0.05) is 21.8 Å². The lowest BCUT2D eigenvalue weighted by atomic mass is 9.95. The topological polar surface area (TPSA) is 63.2 Å². The van der Waals surface area contributed by atoms with Crippen molar-refractivity contribution >= 4 is 31.3 Å². The van der Waals surface area contributed by atoms with Crippen LogP contribution in [0.2, 0.25) is 0 Å². The van der Waals surface area contributed by atoms with Crippen molar-refractivity contribution in [1.82, 2.24) is 0 Å². The highest BCUT2D eigenvalue weighted by atomic mass is 35.7. The van der Waals surface area contributed by atoms with Crippen LogP contribution in [0.3, 0.4) is 0 Å². The third kappa shape index (κ3) is 3.96. The van der Waals surface area contributed by atoms with Gasteiger partial charge in [-0.25, -0.2) is 8.42 Å². The summed E-state index contributed by atoms with van der Waals surface area (Å²) in [6.45, 7) is 9.11. The predicted octanol–water partition coefficient (Wildman–Crippen LogP) is 3.47. The number of carbonyl (C=O) groups is 1. The van der Waals surface area contributed by atoms with E-state index >= 15 is 0 Å². The third-order valence-corrected chi connectivity index (χ3v) is 4.31. The van der Waals surface area contributed by atoms with E-state index in [1.807, 2.05) is 27.7 Å². The van der Waals surface area contributed by atoms with E-state index < -0.39 is 14.5 Å². The molecule has 6 heteroatoms. The molecule has 112 valence electrons. The third-order valence-electron chi connectivity index (χ3n) is 2.97. The van der Waals surface area contributed by atoms with E-state index in [1.54, 1.807) is 6.92 Å². The molecule has 0 radical (unpaired) electrons. The van der Waals surface area contributed by atoms with Gasteiger partial charge in [0.05, 0.1) is 4.90 Å². The molecule has 0 aromatic heterocycles. The Bertz CT molecular complexity index is 631. The lowest BCUT2D eigenvalue weighted by Crippen LogP contribution is -2.28. The van der Waals surface area contributed by atoms with E-state index in [0.29, 0.717) is 17.7 Å². The van der Waals surface area contributed by atoms with Crippen LogP contribution in [0.4, 0.5) is 5.69 Å². The van der Waals surface area contributed by atoms with E-state index in [9.17, 15) is 13.2 Å². The van der Waals surface area contributed by atoms with Gasteiger partial charge in [-0.05, 0) is 36.6 Å². The average Bonchev–Trinajstić information content (AvgIpc) is 2.28. The van der Waals surface area contributed by atoms with E-state index in [2.05, 4.69) is 5.32 Å². The van der Waals surface area contributed by atoms with Crippen LogP contribution in [0.25, 0.3) is 0 Å². The fourth-order valence-electron chi connectivity index (χ4n) is 1.72. The molecule has 4 nitrogen and oxygen atoms in total. The van der Waals surface area contributed by atoms with Gasteiger partial charge < -0.3 is 5.32 Å². The highest BCUT2D eigenvalue weighted by Crippen LogP contribution is 2.29. The first-order valence-corrected chi connectivity index (χ1v) is 8.67. The summed E-state index contributed by atoms with van der Waals surface area (Å²) in [7, 11) is 1.60. The van der Waals surface area contributed by atoms with Crippen molar-refractivity contribution in [2.24, 2.45) is 5.41 Å². The van der Waals surface area contributed by atoms with Crippen LogP contribution in [-0.2, 0) is 20.3 Å². The van der Waals surface area contributed by atoms with Gasteiger partial charge in [-0.15, -0.1) is 0 Å². The molecular formula is C14H20ClNO3S. The zero-order valence-electron chi connectivity index (χ0n) is 12.4. The van der Waals surface area contributed by atoms with Crippen LogP contribution in [0.15, 0.2) is 17.0 Å². The summed E-state index contributed by atoms with van der Waals surface area (Å²) >= 11 is 0. The number of benzene rings is 1. The average molecular weight is 318 g/mol. The van der Waals surface area contributed by atoms with E-state index in [1.165, 1.54) is 12.1 Å². The van der Waals surface area contributed by atoms with Gasteiger partial charge >= 0.3 is 0 Å². The van der Waals surface area contributed by atoms with Crippen LogP contribution in [0.1, 0.15) is 38.8 Å². The monoisotopic (exact) mass is 317 g/mol. The minimum Gasteiger partial charge on any atom is -0.325 e. The number of hydrogen-bond acceptors (Lipinski definition) is 3. The van der Waals surface area contributed by atoms with Crippen molar-refractivity contribution in [2.45, 2.75) is 45.9 Å². The molecule has 0 fully saturated rings. The minimum absolute atomic E-state index is 0.0577. The number of carbonyl (C=O) groups excluding carboxylic acids is 1. The predicted molar refractivity (Wildman–Crippen MR) is 81.7 cm³/mol. The van der Waals surface area contributed by atoms with Crippen LogP contribution in [0.5, 0.6) is 0 Å². The van der Waals surface area contributed by atoms with E-state index in [-0.39, 0.29) is 10.8 Å². The zero-order valence-corrected chi connectivity index (χ0v) is 13.9. The number of amides is 1. The number of halogens is 1. The maximum absolute atomic E-state index is 12.1. The molecule has 0 bridgehead atoms. The molecule has 0 aliphatic rings. The molecule has 1 N–H and O–H groups in total. The van der Waals surface area contributed by atoms with Crippen molar-refractivity contribution < 1.29 is 13.2 Å². The Kier molecular flexibility index (Phi) is 4.87. The lowest BCUT2D eigenvalue weighted by Gasteiger charge is -2.21. The van der Waals surface area contributed by atoms with E-state index in [0.717, 1.165) is 5.56 Å². The maximum atomic E-state index is 12.1. The van der Waals surface area contributed by atoms with Crippen molar-refractivity contribution in [3.63, 3.8) is 0 Å². The van der Waals surface area contributed by atoms with Crippen molar-refractivity contribution in [1.29, 1.82) is 0 Å². The second kappa shape index (κ2) is 5.74. The molecule has 1 amide bonds. The second-order valence-corrected chi connectivity index (χ2v) is 8.34. The van der Waals surface area contributed by atoms with Gasteiger partial charge in [0.15, 0.2) is 0 Å². The van der Waals surface area contributed by atoms with Gasteiger partial charge in [0.2, 0.25) is 5.91 Å². The smallest absolute Gasteiger partial charge is 0.261 e. The fourth-order valence-corrected chi connectivity index (χ4v) is 2.59. The molecule has 1 rings (SSSR count). The molecule has 0 spiro atoms. The molecule has 0 atom stereocenters. The van der Waals surface area contributed by atoms with Crippen LogP contribution in [-0.4, -0.2) is 14.3 Å². The molecule has 0 aliphatic carbocycles. The van der Waals surface area contributed by atoms with Gasteiger partial charge in [0.25, 0.3) is 9.05 Å². The Balaban J connectivity index is 3.32. The number of aryl methyl sites for hydroxylation is 2. The van der Waals surface area contributed by atoms with Crippen LogP contribution < -0.4 is 5.32 Å². The van der Waals surface area contributed by atoms with Crippen LogP contribution in [0, 0.1) is 12.3 Å². The van der Waals surface area contributed by atoms with Crippen molar-refractivity contribution in [3.8, 4) is 0 Å². The molecule has 20 heavy (non-hydrogen) atoms. The Morgan fingerprint density at radius 1 is 1.30 bits per heavy atom. The lowest BCUT2D eigenvalue weighted by molar-refractivity contribution is -0.123. The number of rotatable bonds is 3. The Morgan fingerprint density at radius 3 is 2.25 bits per heavy atom. The largest absolute Gasteiger partial charge is 0.325 e. The summed E-state index contributed by atoms with van der Waals surface area (Å²) in [4.78, 5) is 12.1. The first-order chi connectivity index (χ1) is 8.96. The molecule has 1 aromatic carbocycles. The van der Waals surface area contributed by atoms with Gasteiger partial charge in [-0.1, -0.05) is 27.7 Å². The number of nitrogens with one attached hydrogen (secondary N) is 1. The molecular weight excluding hydrogens is 298 g/mol. The molecule has 0 saturated heterocycles. The Hall–Kier alpha value is -1.07. The molecule has 0 unspecified atom stereocenters. The highest BCUT2D eigenvalue weighted by Gasteiger charge is 2.23. The van der Waals surface area contributed by atoms with Gasteiger partial charge in [-0.2, -0.15) is 0 Å². The van der Waals surface area contributed by atoms with Crippen molar-refractivity contribution in [2.75, 3.05) is 5.32 Å². The molecule has 0 aliphatic heterocycles. The molecule has 0 heterocycles. The summed E-state index contributed by atoms with van der Waals surface area (Å²) in [5, 5.41) is 2.87. The van der Waals surface area contributed by atoms with Gasteiger partial charge in [0.1, 0.15) is 0 Å². The summed E-state index contributed by atoms with van der Waals surface area (Å²) in [6.07, 6.45) is 0.598. The first kappa shape index (κ1) is 17.0. The standard InChI is InChI=1S/C14H20ClNO3S/c1-6-10-8-11(20(15,18)19)7-9(2)12(10)16-13(17)14(3,4)5/h7-8H,6H2,1-5H3,(H,16,17).